The van der Waals surface area contributed by atoms with E-state index in [0.29, 0.717) is 12.1 Å². The van der Waals surface area contributed by atoms with Crippen LogP contribution in [0.25, 0.3) is 0 Å². The van der Waals surface area contributed by atoms with Crippen LogP contribution in [0.1, 0.15) is 68.3 Å². The second-order valence-corrected chi connectivity index (χ2v) is 8.46. The molecule has 0 saturated heterocycles. The zero-order valence-corrected chi connectivity index (χ0v) is 18.2. The molecule has 1 N–H and O–H groups in total. The summed E-state index contributed by atoms with van der Waals surface area (Å²) in [6.07, 6.45) is 6.46. The van der Waals surface area contributed by atoms with E-state index in [-0.39, 0.29) is 23.8 Å². The Morgan fingerprint density at radius 1 is 0.967 bits per heavy atom. The molecule has 2 atom stereocenters. The average Bonchev–Trinajstić information content (AvgIpc) is 2.80. The van der Waals surface area contributed by atoms with Gasteiger partial charge in [-0.15, -0.1) is 0 Å². The number of hydrogen-bond donors (Lipinski definition) is 1. The van der Waals surface area contributed by atoms with Crippen LogP contribution in [0.2, 0.25) is 0 Å². The highest BCUT2D eigenvalue weighted by Crippen LogP contribution is 2.23. The van der Waals surface area contributed by atoms with Crippen molar-refractivity contribution in [3.8, 4) is 0 Å². The van der Waals surface area contributed by atoms with Crippen LogP contribution in [-0.2, 0) is 11.3 Å². The quantitative estimate of drug-likeness (QED) is 0.656. The fourth-order valence-electron chi connectivity index (χ4n) is 4.29. The standard InChI is InChI=1S/C26H34N2O2/c1-3-20(2)24(25(29)27-23-17-11-6-12-18-23)28(19-21-13-7-4-8-14-21)26(30)22-15-9-5-10-16-22/h4-5,7-10,13-16,20,23-24H,3,6,11-12,17-19H2,1-2H3,(H,27,29). The van der Waals surface area contributed by atoms with Crippen molar-refractivity contribution in [2.45, 2.75) is 71.0 Å². The summed E-state index contributed by atoms with van der Waals surface area (Å²) in [6, 6.07) is 19.0. The van der Waals surface area contributed by atoms with Gasteiger partial charge in [-0.05, 0) is 36.5 Å². The molecular weight excluding hydrogens is 372 g/mol. The predicted molar refractivity (Wildman–Crippen MR) is 121 cm³/mol. The lowest BCUT2D eigenvalue weighted by atomic mass is 9.92. The van der Waals surface area contributed by atoms with Crippen molar-refractivity contribution < 1.29 is 9.59 Å². The zero-order chi connectivity index (χ0) is 21.3. The largest absolute Gasteiger partial charge is 0.352 e. The van der Waals surface area contributed by atoms with Crippen molar-refractivity contribution in [3.05, 3.63) is 71.8 Å². The molecule has 4 heteroatoms. The van der Waals surface area contributed by atoms with Crippen molar-refractivity contribution in [1.82, 2.24) is 10.2 Å². The molecule has 0 aromatic heterocycles. The molecule has 0 bridgehead atoms. The summed E-state index contributed by atoms with van der Waals surface area (Å²) in [7, 11) is 0. The Morgan fingerprint density at radius 3 is 2.17 bits per heavy atom. The maximum Gasteiger partial charge on any atom is 0.254 e. The molecule has 2 unspecified atom stereocenters. The van der Waals surface area contributed by atoms with E-state index in [0.717, 1.165) is 37.7 Å². The number of hydrogen-bond acceptors (Lipinski definition) is 2. The highest BCUT2D eigenvalue weighted by molar-refractivity contribution is 5.97. The molecule has 0 heterocycles. The average molecular weight is 407 g/mol. The number of rotatable bonds is 8. The van der Waals surface area contributed by atoms with Crippen LogP contribution < -0.4 is 5.32 Å². The molecule has 2 aromatic rings. The Hall–Kier alpha value is -2.62. The number of carbonyl (C=O) groups excluding carboxylic acids is 2. The third-order valence-electron chi connectivity index (χ3n) is 6.22. The van der Waals surface area contributed by atoms with Crippen LogP contribution in [0.4, 0.5) is 0 Å². The molecular formula is C26H34N2O2. The monoisotopic (exact) mass is 406 g/mol. The summed E-state index contributed by atoms with van der Waals surface area (Å²) in [5.74, 6) is -0.0509. The minimum atomic E-state index is -0.496. The SMILES string of the molecule is CCC(C)C(C(=O)NC1CCCCC1)N(Cc1ccccc1)C(=O)c1ccccc1. The van der Waals surface area contributed by atoms with E-state index in [1.54, 1.807) is 4.90 Å². The van der Waals surface area contributed by atoms with Crippen molar-refractivity contribution in [2.75, 3.05) is 0 Å². The summed E-state index contributed by atoms with van der Waals surface area (Å²) >= 11 is 0. The Labute approximate surface area is 180 Å². The normalized spacial score (nSPS) is 16.5. The molecule has 2 amide bonds. The molecule has 0 aliphatic heterocycles. The molecule has 1 fully saturated rings. The number of benzene rings is 2. The Kier molecular flexibility index (Phi) is 8.06. The molecule has 160 valence electrons. The van der Waals surface area contributed by atoms with Gasteiger partial charge in [0.25, 0.3) is 5.91 Å². The topological polar surface area (TPSA) is 49.4 Å². The highest BCUT2D eigenvalue weighted by Gasteiger charge is 2.35. The van der Waals surface area contributed by atoms with Gasteiger partial charge in [-0.3, -0.25) is 9.59 Å². The lowest BCUT2D eigenvalue weighted by Gasteiger charge is -2.36. The van der Waals surface area contributed by atoms with Crippen molar-refractivity contribution in [2.24, 2.45) is 5.92 Å². The molecule has 1 saturated carbocycles. The van der Waals surface area contributed by atoms with Crippen LogP contribution in [0.3, 0.4) is 0 Å². The number of nitrogens with one attached hydrogen (secondary N) is 1. The van der Waals surface area contributed by atoms with Gasteiger partial charge < -0.3 is 10.2 Å². The fraction of sp³-hybridized carbons (Fsp3) is 0.462. The van der Waals surface area contributed by atoms with E-state index in [2.05, 4.69) is 19.2 Å². The number of amides is 2. The third-order valence-corrected chi connectivity index (χ3v) is 6.22. The number of nitrogens with zero attached hydrogens (tertiary/aromatic N) is 1. The van der Waals surface area contributed by atoms with Gasteiger partial charge in [-0.2, -0.15) is 0 Å². The maximum atomic E-state index is 13.6. The van der Waals surface area contributed by atoms with Gasteiger partial charge in [0, 0.05) is 18.2 Å². The van der Waals surface area contributed by atoms with Crippen molar-refractivity contribution in [1.29, 1.82) is 0 Å². The van der Waals surface area contributed by atoms with E-state index < -0.39 is 6.04 Å². The van der Waals surface area contributed by atoms with E-state index >= 15 is 0 Å². The fourth-order valence-corrected chi connectivity index (χ4v) is 4.29. The maximum absolute atomic E-state index is 13.6. The van der Waals surface area contributed by atoms with Gasteiger partial charge in [0.2, 0.25) is 5.91 Å². The first-order valence-corrected chi connectivity index (χ1v) is 11.3. The minimum absolute atomic E-state index is 0.0172. The van der Waals surface area contributed by atoms with Crippen molar-refractivity contribution in [3.63, 3.8) is 0 Å². The van der Waals surface area contributed by atoms with Crippen LogP contribution >= 0.6 is 0 Å². The van der Waals surface area contributed by atoms with Crippen LogP contribution in [-0.4, -0.2) is 28.8 Å². The first-order valence-electron chi connectivity index (χ1n) is 11.3. The summed E-state index contributed by atoms with van der Waals surface area (Å²) in [6.45, 7) is 4.57. The van der Waals surface area contributed by atoms with Crippen LogP contribution in [0.15, 0.2) is 60.7 Å². The molecule has 1 aliphatic carbocycles. The van der Waals surface area contributed by atoms with Gasteiger partial charge >= 0.3 is 0 Å². The van der Waals surface area contributed by atoms with Gasteiger partial charge in [0.1, 0.15) is 6.04 Å². The molecule has 0 radical (unpaired) electrons. The van der Waals surface area contributed by atoms with Crippen LogP contribution in [0, 0.1) is 5.92 Å². The second-order valence-electron chi connectivity index (χ2n) is 8.46. The summed E-state index contributed by atoms with van der Waals surface area (Å²) < 4.78 is 0. The minimum Gasteiger partial charge on any atom is -0.352 e. The first kappa shape index (κ1) is 22.1. The molecule has 0 spiro atoms. The molecule has 4 nitrogen and oxygen atoms in total. The second kappa shape index (κ2) is 11.0. The van der Waals surface area contributed by atoms with E-state index in [9.17, 15) is 9.59 Å². The Morgan fingerprint density at radius 2 is 1.57 bits per heavy atom. The third kappa shape index (κ3) is 5.71. The van der Waals surface area contributed by atoms with Gasteiger partial charge in [-0.1, -0.05) is 88.1 Å². The lowest BCUT2D eigenvalue weighted by Crippen LogP contribution is -2.54. The highest BCUT2D eigenvalue weighted by atomic mass is 16.2. The Balaban J connectivity index is 1.90. The van der Waals surface area contributed by atoms with Crippen molar-refractivity contribution >= 4 is 11.8 Å². The molecule has 2 aromatic carbocycles. The smallest absolute Gasteiger partial charge is 0.254 e. The number of carbonyl (C=O) groups is 2. The first-order chi connectivity index (χ1) is 14.6. The van der Waals surface area contributed by atoms with E-state index in [1.807, 2.05) is 60.7 Å². The Bertz CT molecular complexity index is 800. The summed E-state index contributed by atoms with van der Waals surface area (Å²) in [5, 5.41) is 3.27. The molecule has 3 rings (SSSR count). The van der Waals surface area contributed by atoms with Gasteiger partial charge in [-0.25, -0.2) is 0 Å². The van der Waals surface area contributed by atoms with E-state index in [4.69, 9.17) is 0 Å². The zero-order valence-electron chi connectivity index (χ0n) is 18.2. The lowest BCUT2D eigenvalue weighted by molar-refractivity contribution is -0.128. The van der Waals surface area contributed by atoms with Gasteiger partial charge in [0.15, 0.2) is 0 Å². The molecule has 30 heavy (non-hydrogen) atoms. The summed E-state index contributed by atoms with van der Waals surface area (Å²) in [5.41, 5.74) is 1.65. The molecule has 1 aliphatic rings. The predicted octanol–water partition coefficient (Wildman–Crippen LogP) is 5.19. The van der Waals surface area contributed by atoms with Gasteiger partial charge in [0.05, 0.1) is 0 Å². The van der Waals surface area contributed by atoms with Crippen LogP contribution in [0.5, 0.6) is 0 Å². The van der Waals surface area contributed by atoms with E-state index in [1.165, 1.54) is 6.42 Å². The summed E-state index contributed by atoms with van der Waals surface area (Å²) in [4.78, 5) is 28.8.